The molecule has 0 saturated carbocycles. The van der Waals surface area contributed by atoms with Crippen molar-refractivity contribution in [1.82, 2.24) is 4.90 Å². The van der Waals surface area contributed by atoms with Gasteiger partial charge in [0.2, 0.25) is 0 Å². The number of anilines is 2. The van der Waals surface area contributed by atoms with Gasteiger partial charge in [0.1, 0.15) is 6.73 Å². The molecule has 0 aromatic heterocycles. The summed E-state index contributed by atoms with van der Waals surface area (Å²) in [7, 11) is 0. The van der Waals surface area contributed by atoms with E-state index in [0.29, 0.717) is 13.3 Å². The van der Waals surface area contributed by atoms with E-state index < -0.39 is 5.60 Å². The molecule has 3 aromatic rings. The standard InChI is InChI=1S/C23H20N2O2/c26-22-23(16-24(17-27-23)15-18-9-3-1-4-10-18)20-13-7-8-14-21(20)25(22)19-11-5-2-6-12-19/h1-14H,15-17H2. The largest absolute Gasteiger partial charge is 0.343 e. The number of rotatable bonds is 3. The van der Waals surface area contributed by atoms with Crippen LogP contribution in [0, 0.1) is 0 Å². The number of amides is 1. The van der Waals surface area contributed by atoms with E-state index in [1.807, 2.05) is 72.8 Å². The summed E-state index contributed by atoms with van der Waals surface area (Å²) in [5.41, 5.74) is 3.03. The third-order valence-corrected chi connectivity index (χ3v) is 5.33. The minimum atomic E-state index is -0.929. The van der Waals surface area contributed by atoms with E-state index in [-0.39, 0.29) is 5.91 Å². The number of hydrogen-bond acceptors (Lipinski definition) is 3. The lowest BCUT2D eigenvalue weighted by molar-refractivity contribution is -0.135. The topological polar surface area (TPSA) is 32.8 Å². The summed E-state index contributed by atoms with van der Waals surface area (Å²) in [6, 6.07) is 28.0. The van der Waals surface area contributed by atoms with Gasteiger partial charge in [0.05, 0.1) is 5.69 Å². The molecule has 2 aliphatic rings. The number of para-hydroxylation sites is 2. The molecule has 3 aromatic carbocycles. The monoisotopic (exact) mass is 356 g/mol. The summed E-state index contributed by atoms with van der Waals surface area (Å²) < 4.78 is 6.21. The first-order valence-corrected chi connectivity index (χ1v) is 9.17. The molecule has 1 fully saturated rings. The first kappa shape index (κ1) is 16.2. The van der Waals surface area contributed by atoms with Gasteiger partial charge >= 0.3 is 0 Å². The van der Waals surface area contributed by atoms with Gasteiger partial charge in [0.25, 0.3) is 5.91 Å². The fraction of sp³-hybridized carbons (Fsp3) is 0.174. The number of hydrogen-bond donors (Lipinski definition) is 0. The summed E-state index contributed by atoms with van der Waals surface area (Å²) in [4.78, 5) is 17.5. The molecule has 1 saturated heterocycles. The Balaban J connectivity index is 1.51. The van der Waals surface area contributed by atoms with E-state index in [9.17, 15) is 4.79 Å². The Bertz CT molecular complexity index is 974. The van der Waals surface area contributed by atoms with Crippen molar-refractivity contribution in [2.75, 3.05) is 18.2 Å². The van der Waals surface area contributed by atoms with Gasteiger partial charge in [-0.3, -0.25) is 14.6 Å². The van der Waals surface area contributed by atoms with Crippen LogP contribution in [0.1, 0.15) is 11.1 Å². The van der Waals surface area contributed by atoms with Crippen molar-refractivity contribution in [1.29, 1.82) is 0 Å². The minimum absolute atomic E-state index is 0.00883. The molecule has 1 unspecified atom stereocenters. The van der Waals surface area contributed by atoms with Crippen LogP contribution < -0.4 is 4.90 Å². The molecule has 134 valence electrons. The molecule has 0 N–H and O–H groups in total. The first-order valence-electron chi connectivity index (χ1n) is 9.17. The van der Waals surface area contributed by atoms with Gasteiger partial charge in [-0.15, -0.1) is 0 Å². The van der Waals surface area contributed by atoms with Crippen molar-refractivity contribution in [3.63, 3.8) is 0 Å². The Hall–Kier alpha value is -2.95. The maximum Gasteiger partial charge on any atom is 0.269 e. The molecule has 1 amide bonds. The molecule has 1 atom stereocenters. The molecule has 4 heteroatoms. The van der Waals surface area contributed by atoms with Crippen molar-refractivity contribution in [3.05, 3.63) is 96.1 Å². The van der Waals surface area contributed by atoms with Crippen molar-refractivity contribution in [2.45, 2.75) is 12.1 Å². The smallest absolute Gasteiger partial charge is 0.269 e. The fourth-order valence-electron chi connectivity index (χ4n) is 4.09. The van der Waals surface area contributed by atoms with Crippen molar-refractivity contribution in [3.8, 4) is 0 Å². The van der Waals surface area contributed by atoms with Crippen LogP contribution in [0.2, 0.25) is 0 Å². The van der Waals surface area contributed by atoms with Gasteiger partial charge in [-0.05, 0) is 23.8 Å². The number of fused-ring (bicyclic) bond motifs is 2. The lowest BCUT2D eigenvalue weighted by atomic mass is 9.95. The van der Waals surface area contributed by atoms with Crippen molar-refractivity contribution in [2.24, 2.45) is 0 Å². The zero-order valence-corrected chi connectivity index (χ0v) is 14.9. The van der Waals surface area contributed by atoms with Gasteiger partial charge in [-0.2, -0.15) is 0 Å². The fourth-order valence-corrected chi connectivity index (χ4v) is 4.09. The predicted molar refractivity (Wildman–Crippen MR) is 105 cm³/mol. The number of carbonyl (C=O) groups excluding carboxylic acids is 1. The van der Waals surface area contributed by atoms with E-state index in [0.717, 1.165) is 23.5 Å². The summed E-state index contributed by atoms with van der Waals surface area (Å²) in [5, 5.41) is 0. The summed E-state index contributed by atoms with van der Waals surface area (Å²) in [5.74, 6) is -0.00883. The number of benzene rings is 3. The lowest BCUT2D eigenvalue weighted by Gasteiger charge is -2.23. The summed E-state index contributed by atoms with van der Waals surface area (Å²) in [6.07, 6.45) is 0. The van der Waals surface area contributed by atoms with Gasteiger partial charge in [-0.1, -0.05) is 66.7 Å². The average Bonchev–Trinajstić information content (AvgIpc) is 3.24. The molecule has 0 radical (unpaired) electrons. The van der Waals surface area contributed by atoms with Gasteiger partial charge < -0.3 is 4.74 Å². The second-order valence-corrected chi connectivity index (χ2v) is 7.07. The third kappa shape index (κ3) is 2.57. The highest BCUT2D eigenvalue weighted by molar-refractivity contribution is 6.12. The molecule has 1 spiro atoms. The molecular formula is C23H20N2O2. The number of ether oxygens (including phenoxy) is 1. The molecule has 0 aliphatic carbocycles. The van der Waals surface area contributed by atoms with Crippen LogP contribution in [-0.2, 0) is 21.7 Å². The zero-order valence-electron chi connectivity index (χ0n) is 14.9. The highest BCUT2D eigenvalue weighted by Gasteiger charge is 2.56. The summed E-state index contributed by atoms with van der Waals surface area (Å²) in [6.45, 7) is 1.77. The summed E-state index contributed by atoms with van der Waals surface area (Å²) >= 11 is 0. The molecule has 27 heavy (non-hydrogen) atoms. The van der Waals surface area contributed by atoms with Crippen LogP contribution in [0.5, 0.6) is 0 Å². The SMILES string of the molecule is O=C1N(c2ccccc2)c2ccccc2C12CN(Cc1ccccc1)CO2. The normalized spacial score (nSPS) is 21.8. The zero-order chi connectivity index (χ0) is 18.3. The molecule has 5 rings (SSSR count). The van der Waals surface area contributed by atoms with Crippen LogP contribution in [0.15, 0.2) is 84.9 Å². The maximum atomic E-state index is 13.6. The quantitative estimate of drug-likeness (QED) is 0.710. The second kappa shape index (κ2) is 6.34. The Morgan fingerprint density at radius 2 is 1.52 bits per heavy atom. The Morgan fingerprint density at radius 3 is 2.30 bits per heavy atom. The Labute approximate surface area is 158 Å². The number of nitrogens with zero attached hydrogens (tertiary/aromatic N) is 2. The van der Waals surface area contributed by atoms with Crippen LogP contribution >= 0.6 is 0 Å². The molecular weight excluding hydrogens is 336 g/mol. The first-order chi connectivity index (χ1) is 13.3. The third-order valence-electron chi connectivity index (χ3n) is 5.33. The Morgan fingerprint density at radius 1 is 0.852 bits per heavy atom. The van der Waals surface area contributed by atoms with E-state index in [1.54, 1.807) is 4.90 Å². The molecule has 0 bridgehead atoms. The van der Waals surface area contributed by atoms with Crippen LogP contribution in [0.4, 0.5) is 11.4 Å². The predicted octanol–water partition coefficient (Wildman–Crippen LogP) is 4.05. The molecule has 2 aliphatic heterocycles. The Kier molecular flexibility index (Phi) is 3.81. The van der Waals surface area contributed by atoms with Crippen molar-refractivity contribution < 1.29 is 9.53 Å². The van der Waals surface area contributed by atoms with Gasteiger partial charge in [0, 0.05) is 24.3 Å². The van der Waals surface area contributed by atoms with E-state index in [1.165, 1.54) is 5.56 Å². The number of carbonyl (C=O) groups is 1. The van der Waals surface area contributed by atoms with E-state index in [2.05, 4.69) is 17.0 Å². The molecule has 2 heterocycles. The second-order valence-electron chi connectivity index (χ2n) is 7.07. The van der Waals surface area contributed by atoms with Gasteiger partial charge in [-0.25, -0.2) is 0 Å². The van der Waals surface area contributed by atoms with E-state index in [4.69, 9.17) is 4.74 Å². The molecule has 4 nitrogen and oxygen atoms in total. The highest BCUT2D eigenvalue weighted by Crippen LogP contribution is 2.48. The lowest BCUT2D eigenvalue weighted by Crippen LogP contribution is -2.41. The van der Waals surface area contributed by atoms with Gasteiger partial charge in [0.15, 0.2) is 5.60 Å². The maximum absolute atomic E-state index is 13.6. The van der Waals surface area contributed by atoms with Crippen LogP contribution in [0.25, 0.3) is 0 Å². The average molecular weight is 356 g/mol. The van der Waals surface area contributed by atoms with Crippen LogP contribution in [-0.4, -0.2) is 24.1 Å². The highest BCUT2D eigenvalue weighted by atomic mass is 16.5. The van der Waals surface area contributed by atoms with E-state index >= 15 is 0 Å². The van der Waals surface area contributed by atoms with Crippen molar-refractivity contribution >= 4 is 17.3 Å². The minimum Gasteiger partial charge on any atom is -0.343 e. The van der Waals surface area contributed by atoms with Crippen LogP contribution in [0.3, 0.4) is 0 Å².